The summed E-state index contributed by atoms with van der Waals surface area (Å²) in [6.45, 7) is -2.85. The first kappa shape index (κ1) is 3.09. The molecule has 0 aromatic carbocycles. The molecule has 0 amide bonds. The molecule has 0 unspecified atom stereocenters. The van der Waals surface area contributed by atoms with E-state index in [0.717, 1.165) is 0 Å². The van der Waals surface area contributed by atoms with Crippen LogP contribution in [0.2, 0.25) is 0 Å². The first-order chi connectivity index (χ1) is 6.73. The molecule has 0 saturated carbocycles. The molecule has 0 radical (unpaired) electrons. The van der Waals surface area contributed by atoms with E-state index in [1.165, 1.54) is 0 Å². The first-order valence-corrected chi connectivity index (χ1v) is 3.08. The van der Waals surface area contributed by atoms with E-state index in [4.69, 9.17) is 6.85 Å². The molecule has 1 heterocycles. The second-order valence-electron chi connectivity index (χ2n) is 1.42. The Balaban J connectivity index is 3.28. The van der Waals surface area contributed by atoms with E-state index >= 15 is 0 Å². The fourth-order valence-electron chi connectivity index (χ4n) is 0.377. The molecule has 1 aromatic heterocycles. The van der Waals surface area contributed by atoms with E-state index in [1.54, 1.807) is 0 Å². The zero-order valence-corrected chi connectivity index (χ0v) is 6.27. The van der Waals surface area contributed by atoms with E-state index in [1.807, 2.05) is 0 Å². The van der Waals surface area contributed by atoms with Gasteiger partial charge >= 0.3 is 0 Å². The largest absolute Gasteiger partial charge is 0.293 e. The predicted octanol–water partition coefficient (Wildman–Crippen LogP) is 1.44. The molecule has 1 rings (SSSR count). The van der Waals surface area contributed by atoms with Crippen molar-refractivity contribution in [2.24, 2.45) is 0 Å². The van der Waals surface area contributed by atoms with E-state index in [0.29, 0.717) is 0 Å². The van der Waals surface area contributed by atoms with Crippen molar-refractivity contribution in [2.75, 3.05) is 0 Å². The number of ketones is 1. The summed E-state index contributed by atoms with van der Waals surface area (Å²) in [5, 5.41) is 0. The van der Waals surface area contributed by atoms with Crippen LogP contribution in [-0.2, 0) is 0 Å². The number of aromatic nitrogens is 2. The Kier molecular flexibility index (Phi) is 0.888. The highest BCUT2D eigenvalue weighted by Gasteiger charge is 1.99. The number of Topliss-reactive ketones (excluding diaryl/α,β-unsaturated/α-hetero) is 1. The number of hydrogen-bond donors (Lipinski definition) is 0. The summed E-state index contributed by atoms with van der Waals surface area (Å²) < 4.78 is 34.9. The highest BCUT2D eigenvalue weighted by molar-refractivity contribution is 9.10. The van der Waals surface area contributed by atoms with Gasteiger partial charge in [0.1, 0.15) is 10.3 Å². The minimum atomic E-state index is -2.85. The molecule has 52 valence electrons. The van der Waals surface area contributed by atoms with Crippen LogP contribution in [0.5, 0.6) is 0 Å². The molecule has 0 spiro atoms. The third kappa shape index (κ3) is 1.60. The summed E-state index contributed by atoms with van der Waals surface area (Å²) in [6, 6.07) is 0. The SMILES string of the molecule is [2H]c1nc([2H])c(C(=O)C([2H])([2H])[2H])nc1Br. The highest BCUT2D eigenvalue weighted by atomic mass is 79.9. The van der Waals surface area contributed by atoms with Crippen LogP contribution >= 0.6 is 15.9 Å². The number of halogens is 1. The van der Waals surface area contributed by atoms with Gasteiger partial charge in [0.15, 0.2) is 5.78 Å². The number of hydrogen-bond acceptors (Lipinski definition) is 3. The van der Waals surface area contributed by atoms with Crippen LogP contribution in [0.1, 0.15) is 24.2 Å². The van der Waals surface area contributed by atoms with Crippen molar-refractivity contribution in [3.05, 3.63) is 22.6 Å². The normalized spacial score (nSPS) is 17.9. The molecule has 4 heteroatoms. The van der Waals surface area contributed by atoms with Gasteiger partial charge in [0, 0.05) is 11.0 Å². The van der Waals surface area contributed by atoms with Crippen molar-refractivity contribution in [3.63, 3.8) is 0 Å². The van der Waals surface area contributed by atoms with Crippen molar-refractivity contribution in [2.45, 2.75) is 6.85 Å². The lowest BCUT2D eigenvalue weighted by Crippen LogP contribution is -1.96. The van der Waals surface area contributed by atoms with E-state index in [-0.39, 0.29) is 10.8 Å². The van der Waals surface area contributed by atoms with E-state index < -0.39 is 24.5 Å². The maximum atomic E-state index is 11.3. The second-order valence-corrected chi connectivity index (χ2v) is 2.17. The number of carbonyl (C=O) groups excluding carboxylic acids is 1. The van der Waals surface area contributed by atoms with Gasteiger partial charge in [0.05, 0.1) is 15.1 Å². The summed E-state index contributed by atoms with van der Waals surface area (Å²) in [5.41, 5.74) is -0.558. The molecule has 0 atom stereocenters. The summed E-state index contributed by atoms with van der Waals surface area (Å²) in [4.78, 5) is 18.2. The second kappa shape index (κ2) is 2.88. The number of carbonyl (C=O) groups is 1. The maximum Gasteiger partial charge on any atom is 0.179 e. The fraction of sp³-hybridized carbons (Fsp3) is 0.167. The van der Waals surface area contributed by atoms with Gasteiger partial charge in [-0.2, -0.15) is 0 Å². The standard InChI is InChI=1S/C6H5BrN2O/c1-4(10)5-2-8-3-6(7)9-5/h2-3H,1H3/i1D3,2D,3D. The minimum Gasteiger partial charge on any atom is -0.293 e. The molecule has 0 fully saturated rings. The quantitative estimate of drug-likeness (QED) is 0.653. The van der Waals surface area contributed by atoms with E-state index in [2.05, 4.69) is 25.9 Å². The summed E-state index contributed by atoms with van der Waals surface area (Å²) >= 11 is 2.83. The molecule has 0 saturated heterocycles. The monoisotopic (exact) mass is 205 g/mol. The van der Waals surface area contributed by atoms with Crippen LogP contribution in [0, 0.1) is 0 Å². The first-order valence-electron chi connectivity index (χ1n) is 4.79. The Morgan fingerprint density at radius 2 is 2.70 bits per heavy atom. The molecular formula is C6H5BrN2O. The van der Waals surface area contributed by atoms with E-state index in [9.17, 15) is 4.79 Å². The third-order valence-corrected chi connectivity index (χ3v) is 1.09. The van der Waals surface area contributed by atoms with Crippen LogP contribution in [0.25, 0.3) is 0 Å². The van der Waals surface area contributed by atoms with Crippen molar-refractivity contribution >= 4 is 21.7 Å². The molecule has 3 nitrogen and oxygen atoms in total. The molecule has 10 heavy (non-hydrogen) atoms. The fourth-order valence-corrected chi connectivity index (χ4v) is 0.643. The van der Waals surface area contributed by atoms with Crippen molar-refractivity contribution in [1.82, 2.24) is 9.97 Å². The lowest BCUT2D eigenvalue weighted by molar-refractivity contribution is 0.101. The Morgan fingerprint density at radius 1 is 1.90 bits per heavy atom. The molecule has 0 aliphatic rings. The van der Waals surface area contributed by atoms with Crippen molar-refractivity contribution in [3.8, 4) is 0 Å². The van der Waals surface area contributed by atoms with Gasteiger partial charge in [-0.15, -0.1) is 0 Å². The van der Waals surface area contributed by atoms with Crippen molar-refractivity contribution in [1.29, 1.82) is 0 Å². The Bertz CT molecular complexity index is 419. The lowest BCUT2D eigenvalue weighted by Gasteiger charge is -1.91. The molecule has 1 aromatic rings. The van der Waals surface area contributed by atoms with Crippen molar-refractivity contribution < 1.29 is 11.6 Å². The summed E-state index contributed by atoms with van der Waals surface area (Å²) in [7, 11) is 0. The molecule has 0 bridgehead atoms. The zero-order chi connectivity index (χ0) is 11.8. The third-order valence-electron chi connectivity index (χ3n) is 0.735. The van der Waals surface area contributed by atoms with Crippen LogP contribution in [-0.4, -0.2) is 15.8 Å². The van der Waals surface area contributed by atoms with Gasteiger partial charge in [0.25, 0.3) is 0 Å². The van der Waals surface area contributed by atoms with Crippen LogP contribution in [0.15, 0.2) is 16.9 Å². The average Bonchev–Trinajstić information content (AvgIpc) is 2.08. The van der Waals surface area contributed by atoms with Gasteiger partial charge < -0.3 is 0 Å². The van der Waals surface area contributed by atoms with Crippen LogP contribution < -0.4 is 0 Å². The number of nitrogens with zero attached hydrogens (tertiary/aromatic N) is 2. The Labute approximate surface area is 73.7 Å². The Hall–Kier alpha value is -0.770. The molecule has 0 aliphatic heterocycles. The van der Waals surface area contributed by atoms with Gasteiger partial charge in [-0.1, -0.05) is 0 Å². The van der Waals surface area contributed by atoms with Gasteiger partial charge in [-0.25, -0.2) is 4.98 Å². The molecular weight excluding hydrogens is 196 g/mol. The van der Waals surface area contributed by atoms with Crippen LogP contribution in [0.4, 0.5) is 0 Å². The molecule has 0 aliphatic carbocycles. The van der Waals surface area contributed by atoms with Gasteiger partial charge in [0.2, 0.25) is 0 Å². The lowest BCUT2D eigenvalue weighted by atomic mass is 10.3. The predicted molar refractivity (Wildman–Crippen MR) is 39.7 cm³/mol. The molecule has 0 N–H and O–H groups in total. The minimum absolute atomic E-state index is 0.0638. The average molecular weight is 206 g/mol. The maximum absolute atomic E-state index is 11.3. The van der Waals surface area contributed by atoms with Crippen LogP contribution in [0.3, 0.4) is 0 Å². The Morgan fingerprint density at radius 3 is 3.40 bits per heavy atom. The summed E-state index contributed by atoms with van der Waals surface area (Å²) in [5.74, 6) is -1.25. The smallest absolute Gasteiger partial charge is 0.179 e. The zero-order valence-electron chi connectivity index (χ0n) is 9.68. The summed E-state index contributed by atoms with van der Waals surface area (Å²) in [6.07, 6.45) is -0.925. The topological polar surface area (TPSA) is 42.9 Å². The van der Waals surface area contributed by atoms with Gasteiger partial charge in [-0.3, -0.25) is 9.78 Å². The van der Waals surface area contributed by atoms with Gasteiger partial charge in [-0.05, 0) is 15.9 Å². The highest BCUT2D eigenvalue weighted by Crippen LogP contribution is 2.03. The number of rotatable bonds is 1.